The van der Waals surface area contributed by atoms with Crippen molar-refractivity contribution in [2.75, 3.05) is 6.54 Å². The molecule has 0 unspecified atom stereocenters. The maximum atomic E-state index is 13.7. The minimum atomic E-state index is -4.59. The average Bonchev–Trinajstić information content (AvgIpc) is 3.18. The summed E-state index contributed by atoms with van der Waals surface area (Å²) in [5.41, 5.74) is -1.50. The van der Waals surface area contributed by atoms with E-state index < -0.39 is 29.0 Å². The van der Waals surface area contributed by atoms with Crippen LogP contribution in [0.2, 0.25) is 0 Å². The number of carbonyl (C=O) groups is 1. The molecule has 1 aromatic rings. The molecule has 1 fully saturated rings. The van der Waals surface area contributed by atoms with Gasteiger partial charge in [-0.3, -0.25) is 4.79 Å². The molecule has 2 nitrogen and oxygen atoms in total. The van der Waals surface area contributed by atoms with Crippen LogP contribution < -0.4 is 0 Å². The molecule has 2 rings (SSSR count). The number of carbonyl (C=O) groups excluding carboxylic acids is 1. The highest BCUT2D eigenvalue weighted by atomic mass is 19.4. The van der Waals surface area contributed by atoms with Crippen molar-refractivity contribution < 1.29 is 22.4 Å². The first-order valence-corrected chi connectivity index (χ1v) is 6.52. The molecular weight excluding hydrogens is 274 g/mol. The van der Waals surface area contributed by atoms with Crippen LogP contribution in [0.5, 0.6) is 0 Å². The highest BCUT2D eigenvalue weighted by Crippen LogP contribution is 2.32. The first kappa shape index (κ1) is 14.8. The van der Waals surface area contributed by atoms with Gasteiger partial charge >= 0.3 is 6.18 Å². The summed E-state index contributed by atoms with van der Waals surface area (Å²) in [5.74, 6) is -1.57. The largest absolute Gasteiger partial charge is 0.416 e. The van der Waals surface area contributed by atoms with E-state index in [4.69, 9.17) is 0 Å². The second kappa shape index (κ2) is 5.42. The van der Waals surface area contributed by atoms with Crippen LogP contribution in [-0.4, -0.2) is 23.4 Å². The normalized spacial score (nSPS) is 15.2. The Kier molecular flexibility index (Phi) is 4.01. The Balaban J connectivity index is 2.32. The van der Waals surface area contributed by atoms with E-state index in [2.05, 4.69) is 0 Å². The van der Waals surface area contributed by atoms with Gasteiger partial charge in [-0.25, -0.2) is 4.39 Å². The summed E-state index contributed by atoms with van der Waals surface area (Å²) >= 11 is 0. The highest BCUT2D eigenvalue weighted by Gasteiger charge is 2.36. The molecule has 0 N–H and O–H groups in total. The third-order valence-electron chi connectivity index (χ3n) is 3.24. The van der Waals surface area contributed by atoms with E-state index in [9.17, 15) is 22.4 Å². The van der Waals surface area contributed by atoms with Crippen LogP contribution in [0.3, 0.4) is 0 Å². The number of hydrogen-bond donors (Lipinski definition) is 0. The molecule has 0 aromatic heterocycles. The molecule has 1 aromatic carbocycles. The van der Waals surface area contributed by atoms with Gasteiger partial charge < -0.3 is 4.90 Å². The van der Waals surface area contributed by atoms with Crippen molar-refractivity contribution in [1.82, 2.24) is 4.90 Å². The molecule has 110 valence electrons. The fourth-order valence-corrected chi connectivity index (χ4v) is 2.10. The SMILES string of the molecule is CCCN(C(=O)c1cc(C(F)(F)F)ccc1F)C1CC1. The van der Waals surface area contributed by atoms with Crippen molar-refractivity contribution in [3.63, 3.8) is 0 Å². The van der Waals surface area contributed by atoms with Crippen LogP contribution in [0.15, 0.2) is 18.2 Å². The van der Waals surface area contributed by atoms with Gasteiger partial charge in [0.25, 0.3) is 5.91 Å². The van der Waals surface area contributed by atoms with Crippen molar-refractivity contribution in [3.8, 4) is 0 Å². The third kappa shape index (κ3) is 3.11. The quantitative estimate of drug-likeness (QED) is 0.771. The number of benzene rings is 1. The van der Waals surface area contributed by atoms with Crippen LogP contribution in [0.25, 0.3) is 0 Å². The van der Waals surface area contributed by atoms with Gasteiger partial charge in [0, 0.05) is 12.6 Å². The lowest BCUT2D eigenvalue weighted by molar-refractivity contribution is -0.137. The van der Waals surface area contributed by atoms with Gasteiger partial charge in [0.15, 0.2) is 0 Å². The average molecular weight is 289 g/mol. The molecule has 1 amide bonds. The standard InChI is InChI=1S/C14H15F4NO/c1-2-7-19(10-4-5-10)13(20)11-8-9(14(16,17)18)3-6-12(11)15/h3,6,8,10H,2,4-5,7H2,1H3. The van der Waals surface area contributed by atoms with Gasteiger partial charge in [-0.05, 0) is 37.5 Å². The van der Waals surface area contributed by atoms with Gasteiger partial charge in [-0.2, -0.15) is 13.2 Å². The number of hydrogen-bond acceptors (Lipinski definition) is 1. The zero-order valence-corrected chi connectivity index (χ0v) is 11.0. The molecule has 1 saturated carbocycles. The highest BCUT2D eigenvalue weighted by molar-refractivity contribution is 5.95. The van der Waals surface area contributed by atoms with E-state index in [-0.39, 0.29) is 6.04 Å². The summed E-state index contributed by atoms with van der Waals surface area (Å²) in [6.45, 7) is 2.30. The van der Waals surface area contributed by atoms with Crippen molar-refractivity contribution in [2.45, 2.75) is 38.4 Å². The molecule has 0 atom stereocenters. The Morgan fingerprint density at radius 3 is 2.50 bits per heavy atom. The Hall–Kier alpha value is -1.59. The zero-order valence-electron chi connectivity index (χ0n) is 11.0. The Morgan fingerprint density at radius 2 is 2.00 bits per heavy atom. The minimum Gasteiger partial charge on any atom is -0.336 e. The van der Waals surface area contributed by atoms with E-state index in [1.165, 1.54) is 4.90 Å². The van der Waals surface area contributed by atoms with Gasteiger partial charge in [-0.15, -0.1) is 0 Å². The summed E-state index contributed by atoms with van der Waals surface area (Å²) in [6.07, 6.45) is -2.25. The van der Waals surface area contributed by atoms with Crippen LogP contribution in [0.1, 0.15) is 42.1 Å². The maximum Gasteiger partial charge on any atom is 0.416 e. The van der Waals surface area contributed by atoms with E-state index in [1.54, 1.807) is 0 Å². The molecule has 1 aliphatic carbocycles. The van der Waals surface area contributed by atoms with Crippen molar-refractivity contribution in [1.29, 1.82) is 0 Å². The molecule has 6 heteroatoms. The smallest absolute Gasteiger partial charge is 0.336 e. The van der Waals surface area contributed by atoms with E-state index in [0.29, 0.717) is 31.2 Å². The number of rotatable bonds is 4. The summed E-state index contributed by atoms with van der Waals surface area (Å²) in [5, 5.41) is 0. The lowest BCUT2D eigenvalue weighted by Crippen LogP contribution is -2.34. The molecule has 0 radical (unpaired) electrons. The van der Waals surface area contributed by atoms with Crippen LogP contribution in [-0.2, 0) is 6.18 Å². The molecule has 0 bridgehead atoms. The van der Waals surface area contributed by atoms with E-state index in [0.717, 1.165) is 12.8 Å². The van der Waals surface area contributed by atoms with Crippen molar-refractivity contribution in [3.05, 3.63) is 35.1 Å². The predicted molar refractivity (Wildman–Crippen MR) is 65.8 cm³/mol. The van der Waals surface area contributed by atoms with Gasteiger partial charge in [0.05, 0.1) is 11.1 Å². The molecule has 0 spiro atoms. The second-order valence-electron chi connectivity index (χ2n) is 4.92. The monoisotopic (exact) mass is 289 g/mol. The topological polar surface area (TPSA) is 20.3 Å². The third-order valence-corrected chi connectivity index (χ3v) is 3.24. The summed E-state index contributed by atoms with van der Waals surface area (Å²) in [6, 6.07) is 1.99. The molecule has 0 heterocycles. The van der Waals surface area contributed by atoms with Gasteiger partial charge in [0.1, 0.15) is 5.82 Å². The van der Waals surface area contributed by atoms with Gasteiger partial charge in [-0.1, -0.05) is 6.92 Å². The van der Waals surface area contributed by atoms with E-state index >= 15 is 0 Å². The zero-order chi connectivity index (χ0) is 14.9. The first-order valence-electron chi connectivity index (χ1n) is 6.52. The minimum absolute atomic E-state index is 0.0383. The lowest BCUT2D eigenvalue weighted by atomic mass is 10.1. The fraction of sp³-hybridized carbons (Fsp3) is 0.500. The molecule has 0 aliphatic heterocycles. The van der Waals surface area contributed by atoms with Crippen LogP contribution >= 0.6 is 0 Å². The predicted octanol–water partition coefficient (Wildman–Crippen LogP) is 3.86. The van der Waals surface area contributed by atoms with Gasteiger partial charge in [0.2, 0.25) is 0 Å². The second-order valence-corrected chi connectivity index (χ2v) is 4.92. The maximum absolute atomic E-state index is 13.7. The molecular formula is C14H15F4NO. The first-order chi connectivity index (χ1) is 9.34. The number of halogens is 4. The fourth-order valence-electron chi connectivity index (χ4n) is 2.10. The molecule has 0 saturated heterocycles. The summed E-state index contributed by atoms with van der Waals surface area (Å²) in [4.78, 5) is 13.7. The Labute approximate surface area is 114 Å². The molecule has 20 heavy (non-hydrogen) atoms. The van der Waals surface area contributed by atoms with Crippen molar-refractivity contribution in [2.24, 2.45) is 0 Å². The summed E-state index contributed by atoms with van der Waals surface area (Å²) in [7, 11) is 0. The van der Waals surface area contributed by atoms with Crippen LogP contribution in [0.4, 0.5) is 17.6 Å². The van der Waals surface area contributed by atoms with Crippen molar-refractivity contribution >= 4 is 5.91 Å². The van der Waals surface area contributed by atoms with Crippen LogP contribution in [0, 0.1) is 5.82 Å². The lowest BCUT2D eigenvalue weighted by Gasteiger charge is -2.22. The van der Waals surface area contributed by atoms with E-state index in [1.807, 2.05) is 6.92 Å². The molecule has 1 aliphatic rings. The Bertz CT molecular complexity index is 508. The Morgan fingerprint density at radius 1 is 1.35 bits per heavy atom. The number of amides is 1. The number of alkyl halides is 3. The number of nitrogens with zero attached hydrogens (tertiary/aromatic N) is 1. The summed E-state index contributed by atoms with van der Waals surface area (Å²) < 4.78 is 51.6.